The normalized spacial score (nSPS) is 11.3. The van der Waals surface area contributed by atoms with Gasteiger partial charge in [0.1, 0.15) is 11.0 Å². The molecule has 2 aromatic heterocycles. The Balaban J connectivity index is 2.34. The van der Waals surface area contributed by atoms with E-state index in [1.165, 1.54) is 30.9 Å². The Kier molecular flexibility index (Phi) is 3.72. The minimum absolute atomic E-state index is 0.0481. The average Bonchev–Trinajstić information content (AvgIpc) is 2.89. The summed E-state index contributed by atoms with van der Waals surface area (Å²) in [6, 6.07) is 3.38. The summed E-state index contributed by atoms with van der Waals surface area (Å²) in [5, 5.41) is 12.9. The van der Waals surface area contributed by atoms with Crippen molar-refractivity contribution in [3.8, 4) is 6.07 Å². The molecular formula is C12H13N5O2S. The molecule has 2 heterocycles. The number of aromatic nitrogens is 3. The lowest BCUT2D eigenvalue weighted by Gasteiger charge is -2.07. The van der Waals surface area contributed by atoms with Crippen LogP contribution in [0.4, 0.5) is 5.69 Å². The molecule has 0 spiro atoms. The number of hydrogen-bond acceptors (Lipinski definition) is 5. The van der Waals surface area contributed by atoms with Gasteiger partial charge in [-0.05, 0) is 19.9 Å². The molecule has 7 nitrogen and oxygen atoms in total. The highest BCUT2D eigenvalue weighted by atomic mass is 32.2. The SMILES string of the molecule is CC(C)n1cc(S(=O)(=O)Nc2ccncc2C#N)cn1. The van der Waals surface area contributed by atoms with Crippen molar-refractivity contribution in [2.75, 3.05) is 4.72 Å². The zero-order chi connectivity index (χ0) is 14.8. The van der Waals surface area contributed by atoms with E-state index >= 15 is 0 Å². The zero-order valence-corrected chi connectivity index (χ0v) is 11.8. The number of nitriles is 1. The molecule has 0 bridgehead atoms. The van der Waals surface area contributed by atoms with Crippen molar-refractivity contribution in [1.82, 2.24) is 14.8 Å². The molecular weight excluding hydrogens is 278 g/mol. The van der Waals surface area contributed by atoms with Crippen LogP contribution in [0, 0.1) is 11.3 Å². The van der Waals surface area contributed by atoms with Crippen LogP contribution in [0.1, 0.15) is 25.5 Å². The van der Waals surface area contributed by atoms with Crippen molar-refractivity contribution in [3.63, 3.8) is 0 Å². The first-order chi connectivity index (χ1) is 9.44. The van der Waals surface area contributed by atoms with Crippen LogP contribution in [0.3, 0.4) is 0 Å². The molecule has 0 aromatic carbocycles. The number of nitrogens with one attached hydrogen (secondary N) is 1. The number of rotatable bonds is 4. The van der Waals surface area contributed by atoms with Crippen molar-refractivity contribution >= 4 is 15.7 Å². The molecule has 0 unspecified atom stereocenters. The van der Waals surface area contributed by atoms with Gasteiger partial charge in [0.05, 0.1) is 17.4 Å². The molecule has 104 valence electrons. The third kappa shape index (κ3) is 2.78. The van der Waals surface area contributed by atoms with Gasteiger partial charge in [-0.15, -0.1) is 0 Å². The molecule has 2 aromatic rings. The van der Waals surface area contributed by atoms with E-state index in [2.05, 4.69) is 14.8 Å². The van der Waals surface area contributed by atoms with Crippen LogP contribution in [-0.2, 0) is 10.0 Å². The van der Waals surface area contributed by atoms with E-state index in [9.17, 15) is 8.42 Å². The Hall–Kier alpha value is -2.40. The molecule has 0 radical (unpaired) electrons. The van der Waals surface area contributed by atoms with Crippen LogP contribution in [0.15, 0.2) is 35.7 Å². The van der Waals surface area contributed by atoms with Gasteiger partial charge >= 0.3 is 0 Å². The Morgan fingerprint density at radius 1 is 1.40 bits per heavy atom. The van der Waals surface area contributed by atoms with Crippen LogP contribution in [0.5, 0.6) is 0 Å². The fourth-order valence-corrected chi connectivity index (χ4v) is 2.54. The Labute approximate surface area is 116 Å². The number of sulfonamides is 1. The molecule has 0 aliphatic heterocycles. The Morgan fingerprint density at radius 3 is 2.75 bits per heavy atom. The summed E-state index contributed by atoms with van der Waals surface area (Å²) in [6.45, 7) is 3.79. The number of anilines is 1. The van der Waals surface area contributed by atoms with Crippen molar-refractivity contribution in [2.24, 2.45) is 0 Å². The second-order valence-corrected chi connectivity index (χ2v) is 6.07. The predicted octanol–water partition coefficient (Wildman–Crippen LogP) is 1.53. The molecule has 0 saturated carbocycles. The second kappa shape index (κ2) is 5.30. The highest BCUT2D eigenvalue weighted by Crippen LogP contribution is 2.19. The maximum Gasteiger partial charge on any atom is 0.265 e. The van der Waals surface area contributed by atoms with Gasteiger partial charge in [-0.25, -0.2) is 8.42 Å². The summed E-state index contributed by atoms with van der Waals surface area (Å²) in [6.07, 6.45) is 5.43. The highest BCUT2D eigenvalue weighted by Gasteiger charge is 2.18. The van der Waals surface area contributed by atoms with Gasteiger partial charge in [-0.3, -0.25) is 14.4 Å². The smallest absolute Gasteiger partial charge is 0.265 e. The quantitative estimate of drug-likeness (QED) is 0.920. The molecule has 8 heteroatoms. The van der Waals surface area contributed by atoms with Gasteiger partial charge < -0.3 is 0 Å². The average molecular weight is 291 g/mol. The molecule has 1 N–H and O–H groups in total. The van der Waals surface area contributed by atoms with E-state index < -0.39 is 10.0 Å². The molecule has 0 amide bonds. The van der Waals surface area contributed by atoms with Crippen molar-refractivity contribution < 1.29 is 8.42 Å². The summed E-state index contributed by atoms with van der Waals surface area (Å²) < 4.78 is 28.3. The van der Waals surface area contributed by atoms with Crippen LogP contribution >= 0.6 is 0 Å². The molecule has 0 fully saturated rings. The maximum atomic E-state index is 12.2. The van der Waals surface area contributed by atoms with Gasteiger partial charge in [0, 0.05) is 24.6 Å². The molecule has 0 saturated heterocycles. The second-order valence-electron chi connectivity index (χ2n) is 4.39. The largest absolute Gasteiger partial charge is 0.278 e. The fraction of sp³-hybridized carbons (Fsp3) is 0.250. The van der Waals surface area contributed by atoms with E-state index in [1.807, 2.05) is 19.9 Å². The molecule has 20 heavy (non-hydrogen) atoms. The van der Waals surface area contributed by atoms with E-state index in [0.717, 1.165) is 0 Å². The number of nitrogens with zero attached hydrogens (tertiary/aromatic N) is 4. The Bertz CT molecular complexity index is 758. The van der Waals surface area contributed by atoms with Gasteiger partial charge in [0.25, 0.3) is 10.0 Å². The van der Waals surface area contributed by atoms with Crippen molar-refractivity contribution in [1.29, 1.82) is 5.26 Å². The van der Waals surface area contributed by atoms with Gasteiger partial charge in [0.2, 0.25) is 0 Å². The summed E-state index contributed by atoms with van der Waals surface area (Å²) in [4.78, 5) is 3.82. The molecule has 0 aliphatic carbocycles. The van der Waals surface area contributed by atoms with E-state index in [1.54, 1.807) is 4.68 Å². The van der Waals surface area contributed by atoms with E-state index in [0.29, 0.717) is 0 Å². The zero-order valence-electron chi connectivity index (χ0n) is 11.0. The third-order valence-electron chi connectivity index (χ3n) is 2.60. The van der Waals surface area contributed by atoms with E-state index in [4.69, 9.17) is 5.26 Å². The lowest BCUT2D eigenvalue weighted by Crippen LogP contribution is -2.13. The monoisotopic (exact) mass is 291 g/mol. The van der Waals surface area contributed by atoms with Gasteiger partial charge in [-0.2, -0.15) is 10.4 Å². The molecule has 2 rings (SSSR count). The summed E-state index contributed by atoms with van der Waals surface area (Å²) in [7, 11) is -3.77. The van der Waals surface area contributed by atoms with Gasteiger partial charge in [0.15, 0.2) is 0 Å². The van der Waals surface area contributed by atoms with Gasteiger partial charge in [-0.1, -0.05) is 0 Å². The summed E-state index contributed by atoms with van der Waals surface area (Å²) in [5.41, 5.74) is 0.354. The first-order valence-corrected chi connectivity index (χ1v) is 7.33. The lowest BCUT2D eigenvalue weighted by molar-refractivity contribution is 0.531. The standard InChI is InChI=1S/C12H13N5O2S/c1-9(2)17-8-11(7-15-17)20(18,19)16-12-3-4-14-6-10(12)5-13/h3-4,6-9H,1-2H3,(H,14,16). The fourth-order valence-electron chi connectivity index (χ4n) is 1.52. The number of pyridine rings is 1. The first kappa shape index (κ1) is 14.0. The maximum absolute atomic E-state index is 12.2. The Morgan fingerprint density at radius 2 is 2.15 bits per heavy atom. The summed E-state index contributed by atoms with van der Waals surface area (Å²) in [5.74, 6) is 0. The summed E-state index contributed by atoms with van der Waals surface area (Å²) >= 11 is 0. The molecule has 0 aliphatic rings. The predicted molar refractivity (Wildman–Crippen MR) is 72.4 cm³/mol. The number of hydrogen-bond donors (Lipinski definition) is 1. The van der Waals surface area contributed by atoms with Crippen molar-refractivity contribution in [3.05, 3.63) is 36.4 Å². The highest BCUT2D eigenvalue weighted by molar-refractivity contribution is 7.92. The third-order valence-corrected chi connectivity index (χ3v) is 3.92. The minimum Gasteiger partial charge on any atom is -0.278 e. The van der Waals surface area contributed by atoms with Crippen molar-refractivity contribution in [2.45, 2.75) is 24.8 Å². The minimum atomic E-state index is -3.77. The lowest BCUT2D eigenvalue weighted by atomic mass is 10.3. The van der Waals surface area contributed by atoms with Crippen LogP contribution in [0.2, 0.25) is 0 Å². The van der Waals surface area contributed by atoms with Crippen LogP contribution in [-0.4, -0.2) is 23.2 Å². The molecule has 0 atom stereocenters. The van der Waals surface area contributed by atoms with Crippen LogP contribution in [0.25, 0.3) is 0 Å². The van der Waals surface area contributed by atoms with E-state index in [-0.39, 0.29) is 22.2 Å². The first-order valence-electron chi connectivity index (χ1n) is 5.85. The topological polar surface area (TPSA) is 101 Å². The van der Waals surface area contributed by atoms with Crippen LogP contribution < -0.4 is 4.72 Å².